The first-order valence-corrected chi connectivity index (χ1v) is 9.60. The summed E-state index contributed by atoms with van der Waals surface area (Å²) < 4.78 is 6.70. The van der Waals surface area contributed by atoms with E-state index in [0.717, 1.165) is 17.0 Å². The Morgan fingerprint density at radius 2 is 1.90 bits per heavy atom. The third-order valence-corrected chi connectivity index (χ3v) is 5.23. The quantitative estimate of drug-likeness (QED) is 0.639. The minimum absolute atomic E-state index is 0.0393. The van der Waals surface area contributed by atoms with Crippen LogP contribution in [0.1, 0.15) is 22.0 Å². The molecule has 30 heavy (non-hydrogen) atoms. The zero-order valence-electron chi connectivity index (χ0n) is 16.5. The van der Waals surface area contributed by atoms with Crippen LogP contribution in [0.15, 0.2) is 54.9 Å². The third-order valence-electron chi connectivity index (χ3n) is 5.23. The Bertz CT molecular complexity index is 1040. The van der Waals surface area contributed by atoms with Crippen LogP contribution in [0.5, 0.6) is 5.75 Å². The first-order chi connectivity index (χ1) is 14.7. The standard InChI is InChI=1S/C21H21N7O2/c1-30-19-7-5-16(6-8-19)20(14-22)26-9-11-27(12-10-26)21(29)17-3-2-4-18(13-17)28-15-23-24-25-28/h2-8,13,15,20H,9-12H2,1H3. The molecule has 1 aliphatic heterocycles. The van der Waals surface area contributed by atoms with Crippen molar-refractivity contribution in [2.75, 3.05) is 33.3 Å². The molecule has 1 saturated heterocycles. The van der Waals surface area contributed by atoms with Gasteiger partial charge < -0.3 is 9.64 Å². The van der Waals surface area contributed by atoms with Crippen LogP contribution in [0.25, 0.3) is 5.69 Å². The lowest BCUT2D eigenvalue weighted by Gasteiger charge is -2.37. The van der Waals surface area contributed by atoms with Gasteiger partial charge in [-0.1, -0.05) is 18.2 Å². The third kappa shape index (κ3) is 3.99. The number of aromatic nitrogens is 4. The van der Waals surface area contributed by atoms with Crippen molar-refractivity contribution in [2.45, 2.75) is 6.04 Å². The Labute approximate surface area is 174 Å². The summed E-state index contributed by atoms with van der Waals surface area (Å²) in [6, 6.07) is 16.8. The van der Waals surface area contributed by atoms with Crippen molar-refractivity contribution in [3.05, 3.63) is 66.0 Å². The summed E-state index contributed by atoms with van der Waals surface area (Å²) in [5.74, 6) is 0.720. The molecule has 1 unspecified atom stereocenters. The van der Waals surface area contributed by atoms with Gasteiger partial charge in [-0.05, 0) is 46.3 Å². The average molecular weight is 403 g/mol. The van der Waals surface area contributed by atoms with Gasteiger partial charge in [0.1, 0.15) is 18.1 Å². The number of methoxy groups -OCH3 is 1. The van der Waals surface area contributed by atoms with Crippen LogP contribution in [-0.2, 0) is 0 Å². The molecule has 1 atom stereocenters. The number of benzene rings is 2. The van der Waals surface area contributed by atoms with E-state index in [4.69, 9.17) is 4.74 Å². The molecular formula is C21H21N7O2. The van der Waals surface area contributed by atoms with Crippen LogP contribution in [0, 0.1) is 11.3 Å². The maximum Gasteiger partial charge on any atom is 0.254 e. The fourth-order valence-corrected chi connectivity index (χ4v) is 3.58. The van der Waals surface area contributed by atoms with E-state index < -0.39 is 0 Å². The van der Waals surface area contributed by atoms with Crippen molar-refractivity contribution in [3.63, 3.8) is 0 Å². The van der Waals surface area contributed by atoms with E-state index in [1.807, 2.05) is 41.3 Å². The van der Waals surface area contributed by atoms with Gasteiger partial charge in [-0.2, -0.15) is 5.26 Å². The molecule has 1 aliphatic rings. The molecule has 9 heteroatoms. The summed E-state index contributed by atoms with van der Waals surface area (Å²) in [4.78, 5) is 16.9. The number of tetrazole rings is 1. The summed E-state index contributed by atoms with van der Waals surface area (Å²) in [5.41, 5.74) is 2.24. The van der Waals surface area contributed by atoms with Crippen LogP contribution in [-0.4, -0.2) is 69.2 Å². The number of ether oxygens (including phenoxy) is 1. The Morgan fingerprint density at radius 3 is 2.53 bits per heavy atom. The lowest BCUT2D eigenvalue weighted by molar-refractivity contribution is 0.0606. The van der Waals surface area contributed by atoms with Crippen molar-refractivity contribution in [1.29, 1.82) is 5.26 Å². The molecule has 1 fully saturated rings. The molecule has 9 nitrogen and oxygen atoms in total. The molecule has 3 aromatic rings. The van der Waals surface area contributed by atoms with Gasteiger partial charge in [-0.15, -0.1) is 5.10 Å². The van der Waals surface area contributed by atoms with Gasteiger partial charge in [-0.3, -0.25) is 9.69 Å². The number of carbonyl (C=O) groups excluding carboxylic acids is 1. The maximum atomic E-state index is 13.0. The summed E-state index contributed by atoms with van der Waals surface area (Å²) >= 11 is 0. The van der Waals surface area contributed by atoms with Crippen molar-refractivity contribution in [1.82, 2.24) is 30.0 Å². The highest BCUT2D eigenvalue weighted by Crippen LogP contribution is 2.24. The Morgan fingerprint density at radius 1 is 1.13 bits per heavy atom. The number of amides is 1. The number of carbonyl (C=O) groups is 1. The molecule has 0 radical (unpaired) electrons. The Hall–Kier alpha value is -3.77. The first-order valence-electron chi connectivity index (χ1n) is 9.60. The van der Waals surface area contributed by atoms with Crippen LogP contribution in [0.2, 0.25) is 0 Å². The minimum atomic E-state index is -0.351. The van der Waals surface area contributed by atoms with E-state index in [9.17, 15) is 10.1 Å². The van der Waals surface area contributed by atoms with Crippen molar-refractivity contribution < 1.29 is 9.53 Å². The average Bonchev–Trinajstić information content (AvgIpc) is 3.35. The number of nitriles is 1. The van der Waals surface area contributed by atoms with E-state index in [1.165, 1.54) is 11.0 Å². The number of piperazine rings is 1. The number of hydrogen-bond acceptors (Lipinski definition) is 7. The molecule has 0 aliphatic carbocycles. The van der Waals surface area contributed by atoms with Crippen LogP contribution < -0.4 is 4.74 Å². The highest BCUT2D eigenvalue weighted by molar-refractivity contribution is 5.94. The zero-order valence-corrected chi connectivity index (χ0v) is 16.5. The monoisotopic (exact) mass is 403 g/mol. The van der Waals surface area contributed by atoms with Crippen LogP contribution in [0.3, 0.4) is 0 Å². The highest BCUT2D eigenvalue weighted by Gasteiger charge is 2.27. The molecule has 1 aromatic heterocycles. The predicted octanol–water partition coefficient (Wildman–Crippen LogP) is 1.69. The van der Waals surface area contributed by atoms with Crippen molar-refractivity contribution >= 4 is 5.91 Å². The lowest BCUT2D eigenvalue weighted by Crippen LogP contribution is -2.49. The molecule has 152 valence electrons. The second-order valence-electron chi connectivity index (χ2n) is 6.94. The number of hydrogen-bond donors (Lipinski definition) is 0. The smallest absolute Gasteiger partial charge is 0.254 e. The van der Waals surface area contributed by atoms with E-state index in [-0.39, 0.29) is 11.9 Å². The van der Waals surface area contributed by atoms with Crippen molar-refractivity contribution in [3.8, 4) is 17.5 Å². The molecule has 0 bridgehead atoms. The Kier molecular flexibility index (Phi) is 5.68. The molecular weight excluding hydrogens is 382 g/mol. The second-order valence-corrected chi connectivity index (χ2v) is 6.94. The molecule has 0 N–H and O–H groups in total. The lowest BCUT2D eigenvalue weighted by atomic mass is 10.1. The normalized spacial score (nSPS) is 15.4. The first kappa shape index (κ1) is 19.5. The van der Waals surface area contributed by atoms with Gasteiger partial charge in [0.25, 0.3) is 5.91 Å². The molecule has 2 aromatic carbocycles. The highest BCUT2D eigenvalue weighted by atomic mass is 16.5. The summed E-state index contributed by atoms with van der Waals surface area (Å²) in [5, 5.41) is 20.8. The molecule has 4 rings (SSSR count). The fraction of sp³-hybridized carbons (Fsp3) is 0.286. The maximum absolute atomic E-state index is 13.0. The van der Waals surface area contributed by atoms with E-state index >= 15 is 0 Å². The molecule has 0 spiro atoms. The van der Waals surface area contributed by atoms with Gasteiger partial charge in [0.2, 0.25) is 0 Å². The predicted molar refractivity (Wildman–Crippen MR) is 108 cm³/mol. The largest absolute Gasteiger partial charge is 0.497 e. The summed E-state index contributed by atoms with van der Waals surface area (Å²) in [7, 11) is 1.62. The second kappa shape index (κ2) is 8.71. The number of nitrogens with zero attached hydrogens (tertiary/aromatic N) is 7. The summed E-state index contributed by atoms with van der Waals surface area (Å²) in [6.45, 7) is 2.37. The molecule has 1 amide bonds. The Balaban J connectivity index is 1.42. The van der Waals surface area contributed by atoms with E-state index in [0.29, 0.717) is 31.7 Å². The van der Waals surface area contributed by atoms with Gasteiger partial charge in [0.05, 0.1) is 18.9 Å². The van der Waals surface area contributed by atoms with Crippen LogP contribution >= 0.6 is 0 Å². The van der Waals surface area contributed by atoms with E-state index in [1.54, 1.807) is 19.2 Å². The number of rotatable bonds is 5. The topological polar surface area (TPSA) is 100 Å². The fourth-order valence-electron chi connectivity index (χ4n) is 3.58. The minimum Gasteiger partial charge on any atom is -0.497 e. The zero-order chi connectivity index (χ0) is 20.9. The molecule has 2 heterocycles. The van der Waals surface area contributed by atoms with Gasteiger partial charge >= 0.3 is 0 Å². The van der Waals surface area contributed by atoms with Crippen LogP contribution in [0.4, 0.5) is 0 Å². The van der Waals surface area contributed by atoms with Gasteiger partial charge in [-0.25, -0.2) is 4.68 Å². The van der Waals surface area contributed by atoms with E-state index in [2.05, 4.69) is 26.5 Å². The molecule has 0 saturated carbocycles. The van der Waals surface area contributed by atoms with Gasteiger partial charge in [0.15, 0.2) is 0 Å². The van der Waals surface area contributed by atoms with Gasteiger partial charge in [0, 0.05) is 31.7 Å². The summed E-state index contributed by atoms with van der Waals surface area (Å²) in [6.07, 6.45) is 1.49. The SMILES string of the molecule is COc1ccc(C(C#N)N2CCN(C(=O)c3cccc(-n4cnnn4)c3)CC2)cc1. The van der Waals surface area contributed by atoms with Crippen molar-refractivity contribution in [2.24, 2.45) is 0 Å².